The van der Waals surface area contributed by atoms with Gasteiger partial charge in [0.05, 0.1) is 11.0 Å². The van der Waals surface area contributed by atoms with E-state index in [1.54, 1.807) is 32.0 Å². The van der Waals surface area contributed by atoms with E-state index < -0.39 is 23.9 Å². The normalized spacial score (nSPS) is 12.0. The first-order valence-electron chi connectivity index (χ1n) is 8.34. The van der Waals surface area contributed by atoms with Gasteiger partial charge in [-0.3, -0.25) is 4.79 Å². The van der Waals surface area contributed by atoms with E-state index in [4.69, 9.17) is 5.73 Å². The van der Waals surface area contributed by atoms with Crippen molar-refractivity contribution in [2.45, 2.75) is 33.0 Å². The van der Waals surface area contributed by atoms with Gasteiger partial charge in [-0.25, -0.2) is 4.98 Å². The molecule has 0 saturated carbocycles. The maximum Gasteiger partial charge on any atom is 0.449 e. The average Bonchev–Trinajstić information content (AvgIpc) is 2.97. The number of hydrogen-bond acceptors (Lipinski definition) is 3. The third-order valence-electron chi connectivity index (χ3n) is 4.23. The lowest BCUT2D eigenvalue weighted by Crippen LogP contribution is -2.16. The van der Waals surface area contributed by atoms with Gasteiger partial charge in [0.1, 0.15) is 0 Å². The summed E-state index contributed by atoms with van der Waals surface area (Å²) in [6.45, 7) is 5.12. The summed E-state index contributed by atoms with van der Waals surface area (Å²) in [6.07, 6.45) is -4.58. The van der Waals surface area contributed by atoms with Gasteiger partial charge in [-0.05, 0) is 56.7 Å². The van der Waals surface area contributed by atoms with Crippen LogP contribution in [0.2, 0.25) is 0 Å². The van der Waals surface area contributed by atoms with E-state index in [0.717, 1.165) is 10.1 Å². The first-order valence-corrected chi connectivity index (χ1v) is 8.34. The average molecular weight is 376 g/mol. The molecule has 1 amide bonds. The second-order valence-electron chi connectivity index (χ2n) is 6.63. The maximum atomic E-state index is 13.3. The van der Waals surface area contributed by atoms with Crippen LogP contribution in [0.15, 0.2) is 36.4 Å². The predicted molar refractivity (Wildman–Crippen MR) is 98.7 cm³/mol. The minimum atomic E-state index is -4.58. The highest BCUT2D eigenvalue weighted by atomic mass is 19.4. The summed E-state index contributed by atoms with van der Waals surface area (Å²) >= 11 is 0. The Morgan fingerprint density at radius 1 is 1.19 bits per heavy atom. The number of amides is 1. The number of nitrogens with zero attached hydrogens (tertiary/aromatic N) is 2. The van der Waals surface area contributed by atoms with Gasteiger partial charge < -0.3 is 15.6 Å². The van der Waals surface area contributed by atoms with Crippen molar-refractivity contribution in [1.82, 2.24) is 9.55 Å². The van der Waals surface area contributed by atoms with Crippen LogP contribution in [-0.4, -0.2) is 15.5 Å². The van der Waals surface area contributed by atoms with E-state index in [1.807, 2.05) is 6.92 Å². The van der Waals surface area contributed by atoms with Gasteiger partial charge in [-0.15, -0.1) is 0 Å². The van der Waals surface area contributed by atoms with Crippen molar-refractivity contribution in [3.63, 3.8) is 0 Å². The van der Waals surface area contributed by atoms with Crippen LogP contribution in [-0.2, 0) is 6.18 Å². The fourth-order valence-electron chi connectivity index (χ4n) is 2.93. The third kappa shape index (κ3) is 3.60. The molecule has 0 aliphatic heterocycles. The zero-order chi connectivity index (χ0) is 19.9. The smallest absolute Gasteiger partial charge is 0.399 e. The molecular formula is C19H19F3N4O. The number of carbonyl (C=O) groups excluding carboxylic acids is 1. The third-order valence-corrected chi connectivity index (χ3v) is 4.23. The Hall–Kier alpha value is -3.03. The molecule has 0 saturated heterocycles. The van der Waals surface area contributed by atoms with Crippen LogP contribution in [0, 0.1) is 6.92 Å². The number of carbonyl (C=O) groups is 1. The number of anilines is 2. The van der Waals surface area contributed by atoms with Gasteiger partial charge in [0.2, 0.25) is 5.82 Å². The fraction of sp³-hybridized carbons (Fsp3) is 0.263. The molecule has 1 aromatic heterocycles. The van der Waals surface area contributed by atoms with Crippen molar-refractivity contribution < 1.29 is 18.0 Å². The summed E-state index contributed by atoms with van der Waals surface area (Å²) < 4.78 is 41.0. The minimum Gasteiger partial charge on any atom is -0.399 e. The number of nitrogen functional groups attached to an aromatic ring is 1. The number of aromatic nitrogens is 2. The van der Waals surface area contributed by atoms with E-state index in [2.05, 4.69) is 10.3 Å². The Labute approximate surface area is 154 Å². The number of nitrogens with one attached hydrogen (secondary N) is 1. The largest absolute Gasteiger partial charge is 0.449 e. The Morgan fingerprint density at radius 2 is 1.89 bits per heavy atom. The SMILES string of the molecule is Cc1ccc(N)cc1NC(=O)c1ccc2c(c1)nc(C(F)(F)F)n2C(C)C. The molecule has 5 nitrogen and oxygen atoms in total. The minimum absolute atomic E-state index is 0.118. The first kappa shape index (κ1) is 18.8. The Morgan fingerprint density at radius 3 is 2.52 bits per heavy atom. The lowest BCUT2D eigenvalue weighted by molar-refractivity contribution is -0.147. The van der Waals surface area contributed by atoms with Crippen LogP contribution in [0.4, 0.5) is 24.5 Å². The van der Waals surface area contributed by atoms with Crippen LogP contribution in [0.25, 0.3) is 11.0 Å². The maximum absolute atomic E-state index is 13.3. The molecule has 27 heavy (non-hydrogen) atoms. The number of imidazole rings is 1. The van der Waals surface area contributed by atoms with Crippen molar-refractivity contribution in [3.05, 3.63) is 53.3 Å². The molecule has 3 aromatic rings. The zero-order valence-corrected chi connectivity index (χ0v) is 15.1. The molecule has 0 aliphatic rings. The van der Waals surface area contributed by atoms with Gasteiger partial charge in [0.25, 0.3) is 5.91 Å². The van der Waals surface area contributed by atoms with Crippen molar-refractivity contribution in [2.24, 2.45) is 0 Å². The summed E-state index contributed by atoms with van der Waals surface area (Å²) in [6, 6.07) is 9.02. The second kappa shape index (κ2) is 6.61. The molecule has 1 heterocycles. The molecule has 0 unspecified atom stereocenters. The van der Waals surface area contributed by atoms with Crippen molar-refractivity contribution in [2.75, 3.05) is 11.1 Å². The van der Waals surface area contributed by atoms with E-state index in [9.17, 15) is 18.0 Å². The molecule has 3 N–H and O–H groups in total. The van der Waals surface area contributed by atoms with Gasteiger partial charge in [0.15, 0.2) is 0 Å². The number of benzene rings is 2. The summed E-state index contributed by atoms with van der Waals surface area (Å²) in [5.74, 6) is -1.42. The summed E-state index contributed by atoms with van der Waals surface area (Å²) in [5, 5.41) is 2.73. The molecule has 0 bridgehead atoms. The lowest BCUT2D eigenvalue weighted by atomic mass is 10.1. The first-order chi connectivity index (χ1) is 12.6. The van der Waals surface area contributed by atoms with E-state index in [0.29, 0.717) is 16.9 Å². The van der Waals surface area contributed by atoms with Crippen molar-refractivity contribution in [3.8, 4) is 0 Å². The van der Waals surface area contributed by atoms with Gasteiger partial charge >= 0.3 is 6.18 Å². The van der Waals surface area contributed by atoms with Crippen LogP contribution < -0.4 is 11.1 Å². The highest BCUT2D eigenvalue weighted by Crippen LogP contribution is 2.34. The monoisotopic (exact) mass is 376 g/mol. The van der Waals surface area contributed by atoms with Gasteiger partial charge in [-0.2, -0.15) is 13.2 Å². The quantitative estimate of drug-likeness (QED) is 0.646. The number of fused-ring (bicyclic) bond motifs is 1. The number of halogens is 3. The van der Waals surface area contributed by atoms with Crippen LogP contribution in [0.1, 0.15) is 41.6 Å². The molecule has 142 valence electrons. The Bertz CT molecular complexity index is 1020. The van der Waals surface area contributed by atoms with Crippen LogP contribution >= 0.6 is 0 Å². The van der Waals surface area contributed by atoms with E-state index >= 15 is 0 Å². The molecular weight excluding hydrogens is 357 g/mol. The van der Waals surface area contributed by atoms with Crippen LogP contribution in [0.5, 0.6) is 0 Å². The molecule has 0 fully saturated rings. The molecule has 3 rings (SSSR count). The molecule has 0 aliphatic carbocycles. The zero-order valence-electron chi connectivity index (χ0n) is 15.1. The molecule has 2 aromatic carbocycles. The number of hydrogen-bond donors (Lipinski definition) is 2. The van der Waals surface area contributed by atoms with Gasteiger partial charge in [0, 0.05) is 23.0 Å². The summed E-state index contributed by atoms with van der Waals surface area (Å²) in [7, 11) is 0. The molecule has 0 radical (unpaired) electrons. The molecule has 0 atom stereocenters. The highest BCUT2D eigenvalue weighted by molar-refractivity contribution is 6.06. The Kier molecular flexibility index (Phi) is 4.59. The van der Waals surface area contributed by atoms with Crippen molar-refractivity contribution >= 4 is 28.3 Å². The summed E-state index contributed by atoms with van der Waals surface area (Å²) in [5.41, 5.74) is 8.26. The summed E-state index contributed by atoms with van der Waals surface area (Å²) in [4.78, 5) is 16.3. The molecule has 0 spiro atoms. The number of nitrogens with two attached hydrogens (primary N) is 1. The van der Waals surface area contributed by atoms with Gasteiger partial charge in [-0.1, -0.05) is 6.07 Å². The lowest BCUT2D eigenvalue weighted by Gasteiger charge is -2.14. The highest BCUT2D eigenvalue weighted by Gasteiger charge is 2.38. The predicted octanol–water partition coefficient (Wildman–Crippen LogP) is 4.78. The number of alkyl halides is 3. The van der Waals surface area contributed by atoms with E-state index in [-0.39, 0.29) is 11.1 Å². The van der Waals surface area contributed by atoms with Crippen LogP contribution in [0.3, 0.4) is 0 Å². The topological polar surface area (TPSA) is 72.9 Å². The fourth-order valence-corrected chi connectivity index (χ4v) is 2.93. The Balaban J connectivity index is 2.01. The van der Waals surface area contributed by atoms with Crippen molar-refractivity contribution in [1.29, 1.82) is 0 Å². The number of rotatable bonds is 3. The van der Waals surface area contributed by atoms with E-state index in [1.165, 1.54) is 18.2 Å². The second-order valence-corrected chi connectivity index (χ2v) is 6.63. The molecule has 8 heteroatoms. The number of aryl methyl sites for hydroxylation is 1. The standard InChI is InChI=1S/C19H19F3N4O/c1-10(2)26-16-7-5-12(8-15(16)25-18(26)19(20,21)22)17(27)24-14-9-13(23)6-4-11(14)3/h4-10H,23H2,1-3H3,(H,24,27).